The third-order valence-electron chi connectivity index (χ3n) is 5.55. The van der Waals surface area contributed by atoms with Crippen LogP contribution in [0.4, 0.5) is 5.82 Å². The quantitative estimate of drug-likeness (QED) is 0.496. The summed E-state index contributed by atoms with van der Waals surface area (Å²) in [5, 5.41) is 1.15. The lowest BCUT2D eigenvalue weighted by molar-refractivity contribution is 0.414. The van der Waals surface area contributed by atoms with Gasteiger partial charge in [0.15, 0.2) is 0 Å². The highest BCUT2D eigenvalue weighted by Gasteiger charge is 2.21. The third-order valence-corrected chi connectivity index (χ3v) is 6.91. The molecule has 0 radical (unpaired) electrons. The summed E-state index contributed by atoms with van der Waals surface area (Å²) in [6.45, 7) is 2.00. The minimum absolute atomic E-state index is 0.691. The largest absolute Gasteiger partial charge is 0.497 e. The van der Waals surface area contributed by atoms with Crippen molar-refractivity contribution in [2.45, 2.75) is 22.6 Å². The lowest BCUT2D eigenvalue weighted by atomic mass is 10.1. The normalized spacial score (nSPS) is 14.9. The van der Waals surface area contributed by atoms with Crippen molar-refractivity contribution in [2.75, 3.05) is 25.1 Å². The van der Waals surface area contributed by atoms with E-state index in [0.717, 1.165) is 51.7 Å². The zero-order valence-corrected chi connectivity index (χ0v) is 17.6. The summed E-state index contributed by atoms with van der Waals surface area (Å²) in [7, 11) is 0.306. The third kappa shape index (κ3) is 3.48. The highest BCUT2D eigenvalue weighted by Crippen LogP contribution is 2.34. The number of pyridine rings is 1. The van der Waals surface area contributed by atoms with Gasteiger partial charge < -0.3 is 14.6 Å². The van der Waals surface area contributed by atoms with Gasteiger partial charge in [-0.2, -0.15) is 0 Å². The Kier molecular flexibility index (Phi) is 5.01. The first-order valence-electron chi connectivity index (χ1n) is 10.1. The van der Waals surface area contributed by atoms with Crippen molar-refractivity contribution >= 4 is 27.5 Å². The lowest BCUT2D eigenvalue weighted by Gasteiger charge is -2.20. The minimum Gasteiger partial charge on any atom is -0.497 e. The van der Waals surface area contributed by atoms with Crippen LogP contribution in [0.3, 0.4) is 0 Å². The zero-order chi connectivity index (χ0) is 20.5. The number of nitrogens with zero attached hydrogens (tertiary/aromatic N) is 2. The van der Waals surface area contributed by atoms with E-state index >= 15 is 0 Å². The number of aromatic amines is 1. The SMILES string of the molecule is COc1ccc(S(=O)c2cnc(N3CCCC3)c(-c3cc4ccccc4[nH]3)c2)cc1. The highest BCUT2D eigenvalue weighted by atomic mass is 32.2. The molecule has 0 spiro atoms. The van der Waals surface area contributed by atoms with Gasteiger partial charge in [0, 0.05) is 40.6 Å². The average molecular weight is 418 g/mol. The second-order valence-electron chi connectivity index (χ2n) is 7.45. The Morgan fingerprint density at radius 3 is 2.50 bits per heavy atom. The number of fused-ring (bicyclic) bond motifs is 1. The predicted octanol–water partition coefficient (Wildman–Crippen LogP) is 5.01. The van der Waals surface area contributed by atoms with Crippen molar-refractivity contribution in [3.8, 4) is 17.0 Å². The Hall–Kier alpha value is -3.12. The Bertz CT molecular complexity index is 1180. The van der Waals surface area contributed by atoms with Gasteiger partial charge in [-0.25, -0.2) is 9.19 Å². The van der Waals surface area contributed by atoms with E-state index in [9.17, 15) is 4.21 Å². The molecule has 1 N–H and O–H groups in total. The molecule has 2 aromatic carbocycles. The summed E-state index contributed by atoms with van der Waals surface area (Å²) in [6, 6.07) is 19.7. The molecule has 1 fully saturated rings. The van der Waals surface area contributed by atoms with Crippen molar-refractivity contribution < 1.29 is 8.95 Å². The molecule has 0 aliphatic carbocycles. The second-order valence-corrected chi connectivity index (χ2v) is 8.93. The molecule has 1 aliphatic heterocycles. The molecule has 30 heavy (non-hydrogen) atoms. The molecule has 1 unspecified atom stereocenters. The van der Waals surface area contributed by atoms with Gasteiger partial charge in [0.2, 0.25) is 0 Å². The van der Waals surface area contributed by atoms with E-state index in [2.05, 4.69) is 28.1 Å². The first-order chi connectivity index (χ1) is 14.7. The molecule has 1 saturated heterocycles. The smallest absolute Gasteiger partial charge is 0.137 e. The molecule has 2 aromatic heterocycles. The van der Waals surface area contributed by atoms with Crippen LogP contribution in [0.2, 0.25) is 0 Å². The fraction of sp³-hybridized carbons (Fsp3) is 0.208. The van der Waals surface area contributed by atoms with Crippen LogP contribution < -0.4 is 9.64 Å². The summed E-state index contributed by atoms with van der Waals surface area (Å²) in [4.78, 5) is 12.0. The van der Waals surface area contributed by atoms with Crippen LogP contribution in [0.25, 0.3) is 22.2 Å². The number of rotatable bonds is 5. The number of ether oxygens (including phenoxy) is 1. The molecular formula is C24H23N3O2S. The Labute approximate surface area is 178 Å². The van der Waals surface area contributed by atoms with E-state index in [0.29, 0.717) is 4.90 Å². The second kappa shape index (κ2) is 7.95. The molecule has 5 rings (SSSR count). The van der Waals surface area contributed by atoms with Gasteiger partial charge in [0.05, 0.1) is 28.5 Å². The number of para-hydroxylation sites is 1. The average Bonchev–Trinajstić information content (AvgIpc) is 3.48. The van der Waals surface area contributed by atoms with Crippen molar-refractivity contribution in [1.82, 2.24) is 9.97 Å². The van der Waals surface area contributed by atoms with Gasteiger partial charge in [0.25, 0.3) is 0 Å². The summed E-state index contributed by atoms with van der Waals surface area (Å²) < 4.78 is 18.5. The van der Waals surface area contributed by atoms with E-state index in [4.69, 9.17) is 9.72 Å². The van der Waals surface area contributed by atoms with Gasteiger partial charge in [-0.3, -0.25) is 0 Å². The van der Waals surface area contributed by atoms with E-state index in [1.807, 2.05) is 42.5 Å². The van der Waals surface area contributed by atoms with Gasteiger partial charge in [-0.15, -0.1) is 0 Å². The molecule has 1 aliphatic rings. The fourth-order valence-electron chi connectivity index (χ4n) is 3.97. The Morgan fingerprint density at radius 2 is 1.77 bits per heavy atom. The first-order valence-corrected chi connectivity index (χ1v) is 11.3. The van der Waals surface area contributed by atoms with Crippen LogP contribution in [0, 0.1) is 0 Å². The highest BCUT2D eigenvalue weighted by molar-refractivity contribution is 7.85. The number of benzene rings is 2. The van der Waals surface area contributed by atoms with E-state index < -0.39 is 10.8 Å². The van der Waals surface area contributed by atoms with Crippen molar-refractivity contribution in [3.63, 3.8) is 0 Å². The molecule has 3 heterocycles. The number of hydrogen-bond donors (Lipinski definition) is 1. The summed E-state index contributed by atoms with van der Waals surface area (Å²) in [5.74, 6) is 1.70. The molecule has 5 nitrogen and oxygen atoms in total. The molecule has 1 atom stereocenters. The number of H-pyrrole nitrogens is 1. The number of anilines is 1. The molecule has 6 heteroatoms. The standard InChI is InChI=1S/C24H23N3O2S/c1-29-18-8-10-19(11-9-18)30(28)20-15-21(24(25-16-20)27-12-4-5-13-27)23-14-17-6-2-3-7-22(17)26-23/h2-3,6-11,14-16,26H,4-5,12-13H2,1H3. The molecule has 0 amide bonds. The maximum atomic E-state index is 13.2. The van der Waals surface area contributed by atoms with Gasteiger partial charge in [-0.1, -0.05) is 18.2 Å². The van der Waals surface area contributed by atoms with Crippen LogP contribution in [0.15, 0.2) is 76.7 Å². The Balaban J connectivity index is 1.59. The molecule has 0 bridgehead atoms. The van der Waals surface area contributed by atoms with Crippen molar-refractivity contribution in [1.29, 1.82) is 0 Å². The number of hydrogen-bond acceptors (Lipinski definition) is 4. The van der Waals surface area contributed by atoms with Gasteiger partial charge in [-0.05, 0) is 55.3 Å². The molecule has 152 valence electrons. The maximum Gasteiger partial charge on any atom is 0.137 e. The van der Waals surface area contributed by atoms with Gasteiger partial charge >= 0.3 is 0 Å². The van der Waals surface area contributed by atoms with Crippen LogP contribution in [0.5, 0.6) is 5.75 Å². The Morgan fingerprint density at radius 1 is 1.00 bits per heavy atom. The van der Waals surface area contributed by atoms with Crippen LogP contribution in [0.1, 0.15) is 12.8 Å². The number of nitrogens with one attached hydrogen (secondary N) is 1. The van der Waals surface area contributed by atoms with E-state index in [1.165, 1.54) is 12.8 Å². The first kappa shape index (κ1) is 18.9. The lowest BCUT2D eigenvalue weighted by Crippen LogP contribution is -2.20. The minimum atomic E-state index is -1.32. The summed E-state index contributed by atoms with van der Waals surface area (Å²) >= 11 is 0. The topological polar surface area (TPSA) is 58.2 Å². The monoisotopic (exact) mass is 417 g/mol. The zero-order valence-electron chi connectivity index (χ0n) is 16.8. The fourth-order valence-corrected chi connectivity index (χ4v) is 5.00. The molecule has 0 saturated carbocycles. The summed E-state index contributed by atoms with van der Waals surface area (Å²) in [6.07, 6.45) is 4.10. The van der Waals surface area contributed by atoms with Crippen LogP contribution >= 0.6 is 0 Å². The van der Waals surface area contributed by atoms with Crippen molar-refractivity contribution in [2.24, 2.45) is 0 Å². The molecule has 4 aromatic rings. The van der Waals surface area contributed by atoms with E-state index in [-0.39, 0.29) is 0 Å². The summed E-state index contributed by atoms with van der Waals surface area (Å²) in [5.41, 5.74) is 3.08. The van der Waals surface area contributed by atoms with Crippen LogP contribution in [-0.4, -0.2) is 34.4 Å². The number of methoxy groups -OCH3 is 1. The van der Waals surface area contributed by atoms with Crippen molar-refractivity contribution in [3.05, 3.63) is 66.9 Å². The maximum absolute atomic E-state index is 13.2. The van der Waals surface area contributed by atoms with Gasteiger partial charge in [0.1, 0.15) is 11.6 Å². The molecular weight excluding hydrogens is 394 g/mol. The van der Waals surface area contributed by atoms with E-state index in [1.54, 1.807) is 13.3 Å². The van der Waals surface area contributed by atoms with Crippen LogP contribution in [-0.2, 0) is 10.8 Å². The predicted molar refractivity (Wildman–Crippen MR) is 121 cm³/mol. The number of aromatic nitrogens is 2.